The molecule has 172 valence electrons. The lowest BCUT2D eigenvalue weighted by atomic mass is 10.1. The molecule has 6 nitrogen and oxygen atoms in total. The van der Waals surface area contributed by atoms with Crippen LogP contribution < -0.4 is 4.72 Å². The quantitative estimate of drug-likeness (QED) is 0.594. The van der Waals surface area contributed by atoms with Crippen LogP contribution in [-0.4, -0.2) is 38.4 Å². The molecule has 1 fully saturated rings. The van der Waals surface area contributed by atoms with Gasteiger partial charge in [0.15, 0.2) is 0 Å². The minimum atomic E-state index is -3.78. The van der Waals surface area contributed by atoms with Gasteiger partial charge in [-0.15, -0.1) is 0 Å². The number of aryl methyl sites for hydroxylation is 2. The average molecular weight is 465 g/mol. The number of hydrogen-bond acceptors (Lipinski definition) is 4. The highest BCUT2D eigenvalue weighted by atomic mass is 32.2. The SMILES string of the molecule is Cc1ccc(C)c(S(=O)(=O)Nc2cccc(C(=O)N3CC(C)OC(c4ccccc4)C3)c2)c1. The second-order valence-electron chi connectivity index (χ2n) is 8.51. The van der Waals surface area contributed by atoms with Crippen molar-refractivity contribution in [2.45, 2.75) is 37.9 Å². The zero-order chi connectivity index (χ0) is 23.6. The van der Waals surface area contributed by atoms with Crippen molar-refractivity contribution >= 4 is 21.6 Å². The van der Waals surface area contributed by atoms with E-state index in [4.69, 9.17) is 4.74 Å². The first-order valence-corrected chi connectivity index (χ1v) is 12.4. The standard InChI is InChI=1S/C26H28N2O4S/c1-18-12-13-19(2)25(14-18)33(30,31)27-23-11-7-10-22(15-23)26(29)28-16-20(3)32-24(17-28)21-8-5-4-6-9-21/h4-15,20,24,27H,16-17H2,1-3H3. The molecule has 2 unspecified atom stereocenters. The Balaban J connectivity index is 1.54. The van der Waals surface area contributed by atoms with Gasteiger partial charge < -0.3 is 9.64 Å². The third-order valence-corrected chi connectivity index (χ3v) is 7.24. The molecular formula is C26H28N2O4S. The van der Waals surface area contributed by atoms with E-state index in [1.54, 1.807) is 48.2 Å². The molecule has 2 atom stereocenters. The highest BCUT2D eigenvalue weighted by Gasteiger charge is 2.30. The van der Waals surface area contributed by atoms with Gasteiger partial charge in [-0.2, -0.15) is 0 Å². The Morgan fingerprint density at radius 1 is 0.970 bits per heavy atom. The van der Waals surface area contributed by atoms with Crippen molar-refractivity contribution in [1.82, 2.24) is 4.90 Å². The van der Waals surface area contributed by atoms with Crippen LogP contribution in [0.1, 0.15) is 40.1 Å². The Kier molecular flexibility index (Phi) is 6.54. The molecule has 3 aromatic carbocycles. The first-order valence-electron chi connectivity index (χ1n) is 10.9. The van der Waals surface area contributed by atoms with Crippen LogP contribution in [0.25, 0.3) is 0 Å². The Morgan fingerprint density at radius 3 is 2.48 bits per heavy atom. The van der Waals surface area contributed by atoms with E-state index in [9.17, 15) is 13.2 Å². The molecule has 1 N–H and O–H groups in total. The van der Waals surface area contributed by atoms with E-state index in [1.165, 1.54) is 0 Å². The molecule has 1 heterocycles. The second-order valence-corrected chi connectivity index (χ2v) is 10.2. The highest BCUT2D eigenvalue weighted by Crippen LogP contribution is 2.27. The summed E-state index contributed by atoms with van der Waals surface area (Å²) >= 11 is 0. The van der Waals surface area contributed by atoms with Gasteiger partial charge in [0, 0.05) is 17.8 Å². The summed E-state index contributed by atoms with van der Waals surface area (Å²) in [5.74, 6) is -0.154. The number of carbonyl (C=O) groups excluding carboxylic acids is 1. The molecule has 33 heavy (non-hydrogen) atoms. The Morgan fingerprint density at radius 2 is 1.73 bits per heavy atom. The summed E-state index contributed by atoms with van der Waals surface area (Å²) in [6.07, 6.45) is -0.316. The molecule has 1 amide bonds. The van der Waals surface area contributed by atoms with Crippen molar-refractivity contribution in [3.8, 4) is 0 Å². The normalized spacial score (nSPS) is 18.7. The van der Waals surface area contributed by atoms with Crippen LogP contribution in [0.5, 0.6) is 0 Å². The molecule has 0 radical (unpaired) electrons. The van der Waals surface area contributed by atoms with Gasteiger partial charge in [-0.1, -0.05) is 48.5 Å². The number of nitrogens with zero attached hydrogens (tertiary/aromatic N) is 1. The van der Waals surface area contributed by atoms with Crippen LogP contribution in [0.2, 0.25) is 0 Å². The average Bonchev–Trinajstić information content (AvgIpc) is 2.80. The third kappa shape index (κ3) is 5.26. The van der Waals surface area contributed by atoms with Crippen molar-refractivity contribution in [3.63, 3.8) is 0 Å². The summed E-state index contributed by atoms with van der Waals surface area (Å²) < 4.78 is 34.6. The van der Waals surface area contributed by atoms with Crippen LogP contribution >= 0.6 is 0 Å². The maximum absolute atomic E-state index is 13.3. The lowest BCUT2D eigenvalue weighted by Crippen LogP contribution is -2.46. The minimum absolute atomic E-state index is 0.112. The molecule has 0 spiro atoms. The van der Waals surface area contributed by atoms with Crippen molar-refractivity contribution < 1.29 is 17.9 Å². The predicted octanol–water partition coefficient (Wildman–Crippen LogP) is 4.71. The smallest absolute Gasteiger partial charge is 0.262 e. The number of rotatable bonds is 5. The number of sulfonamides is 1. The predicted molar refractivity (Wildman–Crippen MR) is 129 cm³/mol. The maximum Gasteiger partial charge on any atom is 0.262 e. The molecule has 0 aliphatic carbocycles. The van der Waals surface area contributed by atoms with Crippen LogP contribution in [0, 0.1) is 13.8 Å². The molecule has 0 bridgehead atoms. The van der Waals surface area contributed by atoms with E-state index in [-0.39, 0.29) is 23.0 Å². The zero-order valence-electron chi connectivity index (χ0n) is 19.0. The Bertz CT molecular complexity index is 1260. The number of benzene rings is 3. The third-order valence-electron chi connectivity index (χ3n) is 5.71. The van der Waals surface area contributed by atoms with Gasteiger partial charge in [0.25, 0.3) is 15.9 Å². The highest BCUT2D eigenvalue weighted by molar-refractivity contribution is 7.92. The van der Waals surface area contributed by atoms with Gasteiger partial charge in [-0.05, 0) is 61.7 Å². The number of carbonyl (C=O) groups is 1. The summed E-state index contributed by atoms with van der Waals surface area (Å²) in [5.41, 5.74) is 3.32. The molecule has 3 aromatic rings. The first kappa shape index (κ1) is 23.0. The number of morpholine rings is 1. The van der Waals surface area contributed by atoms with E-state index >= 15 is 0 Å². The summed E-state index contributed by atoms with van der Waals surface area (Å²) in [4.78, 5) is 15.3. The zero-order valence-corrected chi connectivity index (χ0v) is 19.8. The van der Waals surface area contributed by atoms with E-state index in [2.05, 4.69) is 4.72 Å². The summed E-state index contributed by atoms with van der Waals surface area (Å²) in [5, 5.41) is 0. The van der Waals surface area contributed by atoms with Crippen molar-refractivity contribution in [1.29, 1.82) is 0 Å². The molecular weight excluding hydrogens is 436 g/mol. The van der Waals surface area contributed by atoms with E-state index in [0.29, 0.717) is 29.9 Å². The fraction of sp³-hybridized carbons (Fsp3) is 0.269. The lowest BCUT2D eigenvalue weighted by molar-refractivity contribution is -0.0691. The largest absolute Gasteiger partial charge is 0.367 e. The fourth-order valence-electron chi connectivity index (χ4n) is 4.07. The van der Waals surface area contributed by atoms with Gasteiger partial charge in [0.1, 0.15) is 6.10 Å². The fourth-order valence-corrected chi connectivity index (χ4v) is 5.45. The first-order chi connectivity index (χ1) is 15.7. The molecule has 1 aliphatic rings. The number of amides is 1. The van der Waals surface area contributed by atoms with Crippen LogP contribution in [0.15, 0.2) is 77.7 Å². The van der Waals surface area contributed by atoms with Gasteiger partial charge in [-0.3, -0.25) is 9.52 Å². The van der Waals surface area contributed by atoms with Crippen molar-refractivity contribution in [2.24, 2.45) is 0 Å². The molecule has 7 heteroatoms. The summed E-state index contributed by atoms with van der Waals surface area (Å²) in [7, 11) is -3.78. The molecule has 1 saturated heterocycles. The maximum atomic E-state index is 13.3. The molecule has 0 aromatic heterocycles. The monoisotopic (exact) mass is 464 g/mol. The number of ether oxygens (including phenoxy) is 1. The molecule has 4 rings (SSSR count). The molecule has 1 aliphatic heterocycles. The van der Waals surface area contributed by atoms with Gasteiger partial charge in [0.2, 0.25) is 0 Å². The van der Waals surface area contributed by atoms with Crippen LogP contribution in [-0.2, 0) is 14.8 Å². The van der Waals surface area contributed by atoms with Gasteiger partial charge in [-0.25, -0.2) is 8.42 Å². The van der Waals surface area contributed by atoms with Crippen LogP contribution in [0.3, 0.4) is 0 Å². The Labute approximate surface area is 195 Å². The minimum Gasteiger partial charge on any atom is -0.367 e. The summed E-state index contributed by atoms with van der Waals surface area (Å²) in [6.45, 7) is 6.47. The topological polar surface area (TPSA) is 75.7 Å². The van der Waals surface area contributed by atoms with Gasteiger partial charge in [0.05, 0.1) is 17.5 Å². The summed E-state index contributed by atoms with van der Waals surface area (Å²) in [6, 6.07) is 21.8. The second kappa shape index (κ2) is 9.37. The van der Waals surface area contributed by atoms with Gasteiger partial charge >= 0.3 is 0 Å². The lowest BCUT2D eigenvalue weighted by Gasteiger charge is -2.37. The van der Waals surface area contributed by atoms with Crippen LogP contribution in [0.4, 0.5) is 5.69 Å². The van der Waals surface area contributed by atoms with E-state index in [1.807, 2.05) is 50.2 Å². The molecule has 0 saturated carbocycles. The van der Waals surface area contributed by atoms with E-state index < -0.39 is 10.0 Å². The number of hydrogen-bond donors (Lipinski definition) is 1. The van der Waals surface area contributed by atoms with E-state index in [0.717, 1.165) is 11.1 Å². The van der Waals surface area contributed by atoms with Crippen molar-refractivity contribution in [2.75, 3.05) is 17.8 Å². The van der Waals surface area contributed by atoms with Crippen molar-refractivity contribution in [3.05, 3.63) is 95.1 Å². The number of anilines is 1. The Hall–Kier alpha value is -3.16. The number of nitrogens with one attached hydrogen (secondary N) is 1.